The van der Waals surface area contributed by atoms with Crippen molar-refractivity contribution in [2.75, 3.05) is 33.9 Å². The second-order valence-corrected chi connectivity index (χ2v) is 5.58. The van der Waals surface area contributed by atoms with Gasteiger partial charge in [-0.1, -0.05) is 19.4 Å². The van der Waals surface area contributed by atoms with Crippen LogP contribution in [-0.2, 0) is 16.0 Å². The molecule has 0 aromatic heterocycles. The molecule has 0 bridgehead atoms. The van der Waals surface area contributed by atoms with Crippen molar-refractivity contribution in [3.63, 3.8) is 0 Å². The second kappa shape index (κ2) is 10.5. The number of carbonyl (C=O) groups is 2. The number of rotatable bonds is 10. The maximum Gasteiger partial charge on any atom is 0.239 e. The molecular weight excluding hydrogens is 308 g/mol. The van der Waals surface area contributed by atoms with E-state index in [9.17, 15) is 9.59 Å². The van der Waals surface area contributed by atoms with Crippen molar-refractivity contribution in [3.8, 4) is 11.5 Å². The van der Waals surface area contributed by atoms with Gasteiger partial charge in [0.15, 0.2) is 11.5 Å². The number of hydrogen-bond acceptors (Lipinski definition) is 4. The molecule has 1 aromatic carbocycles. The van der Waals surface area contributed by atoms with E-state index in [1.807, 2.05) is 18.2 Å². The molecule has 0 radical (unpaired) electrons. The fraction of sp³-hybridized carbons (Fsp3) is 0.556. The van der Waals surface area contributed by atoms with E-state index in [1.165, 1.54) is 6.92 Å². The highest BCUT2D eigenvalue weighted by molar-refractivity contribution is 5.83. The van der Waals surface area contributed by atoms with Gasteiger partial charge in [0.2, 0.25) is 11.8 Å². The summed E-state index contributed by atoms with van der Waals surface area (Å²) in [5.74, 6) is 1.14. The summed E-state index contributed by atoms with van der Waals surface area (Å²) in [5, 5.41) is 2.85. The van der Waals surface area contributed by atoms with Crippen LogP contribution in [-0.4, -0.2) is 50.6 Å². The largest absolute Gasteiger partial charge is 0.493 e. The summed E-state index contributed by atoms with van der Waals surface area (Å²) in [6.07, 6.45) is 2.57. The Bertz CT molecular complexity index is 546. The van der Waals surface area contributed by atoms with Crippen LogP contribution in [0.1, 0.15) is 32.3 Å². The maximum atomic E-state index is 12.0. The highest BCUT2D eigenvalue weighted by Crippen LogP contribution is 2.27. The van der Waals surface area contributed by atoms with Crippen molar-refractivity contribution in [3.05, 3.63) is 23.8 Å². The lowest BCUT2D eigenvalue weighted by Crippen LogP contribution is -2.40. The van der Waals surface area contributed by atoms with Gasteiger partial charge in [-0.15, -0.1) is 0 Å². The van der Waals surface area contributed by atoms with E-state index in [1.54, 1.807) is 19.1 Å². The molecule has 0 heterocycles. The zero-order chi connectivity index (χ0) is 17.9. The molecule has 0 spiro atoms. The number of nitrogens with zero attached hydrogens (tertiary/aromatic N) is 1. The highest BCUT2D eigenvalue weighted by Gasteiger charge is 2.12. The highest BCUT2D eigenvalue weighted by atomic mass is 16.5. The lowest BCUT2D eigenvalue weighted by atomic mass is 10.1. The molecule has 0 saturated carbocycles. The molecule has 0 fully saturated rings. The van der Waals surface area contributed by atoms with E-state index in [2.05, 4.69) is 12.2 Å². The predicted molar refractivity (Wildman–Crippen MR) is 93.4 cm³/mol. The van der Waals surface area contributed by atoms with Gasteiger partial charge in [0.1, 0.15) is 0 Å². The van der Waals surface area contributed by atoms with Crippen LogP contribution in [0.3, 0.4) is 0 Å². The number of hydrogen-bond donors (Lipinski definition) is 1. The first-order valence-electron chi connectivity index (χ1n) is 8.24. The smallest absolute Gasteiger partial charge is 0.239 e. The van der Waals surface area contributed by atoms with E-state index in [0.29, 0.717) is 31.0 Å². The third-order valence-electron chi connectivity index (χ3n) is 3.75. The minimum Gasteiger partial charge on any atom is -0.493 e. The molecule has 0 unspecified atom stereocenters. The molecule has 2 amide bonds. The number of ether oxygens (including phenoxy) is 2. The Morgan fingerprint density at radius 1 is 1.17 bits per heavy atom. The summed E-state index contributed by atoms with van der Waals surface area (Å²) in [5.41, 5.74) is 1.04. The third kappa shape index (κ3) is 6.48. The summed E-state index contributed by atoms with van der Waals surface area (Å²) in [4.78, 5) is 25.1. The molecule has 0 aliphatic rings. The Balaban J connectivity index is 2.46. The van der Waals surface area contributed by atoms with Crippen LogP contribution in [0, 0.1) is 0 Å². The number of methoxy groups -OCH3 is 2. The van der Waals surface area contributed by atoms with Crippen LogP contribution < -0.4 is 14.8 Å². The molecule has 0 saturated heterocycles. The maximum absolute atomic E-state index is 12.0. The first-order valence-corrected chi connectivity index (χ1v) is 8.24. The van der Waals surface area contributed by atoms with Gasteiger partial charge >= 0.3 is 0 Å². The summed E-state index contributed by atoms with van der Waals surface area (Å²) in [6, 6.07) is 5.68. The van der Waals surface area contributed by atoms with Crippen molar-refractivity contribution in [1.29, 1.82) is 0 Å². The molecule has 134 valence electrons. The van der Waals surface area contributed by atoms with Gasteiger partial charge in [-0.2, -0.15) is 0 Å². The van der Waals surface area contributed by atoms with Crippen LogP contribution in [0.25, 0.3) is 0 Å². The van der Waals surface area contributed by atoms with E-state index in [4.69, 9.17) is 9.47 Å². The van der Waals surface area contributed by atoms with E-state index in [0.717, 1.165) is 18.4 Å². The van der Waals surface area contributed by atoms with Crippen LogP contribution in [0.2, 0.25) is 0 Å². The molecule has 0 atom stereocenters. The van der Waals surface area contributed by atoms with Gasteiger partial charge in [-0.25, -0.2) is 0 Å². The van der Waals surface area contributed by atoms with Crippen LogP contribution in [0.4, 0.5) is 0 Å². The Hall–Kier alpha value is -2.24. The standard InChI is InChI=1S/C18H28N2O4/c1-5-6-11-20(14(2)21)13-18(22)19-10-9-15-7-8-16(23-3)17(12-15)24-4/h7-8,12H,5-6,9-11,13H2,1-4H3,(H,19,22). The molecule has 0 aliphatic heterocycles. The van der Waals surface area contributed by atoms with Crippen LogP contribution in [0.15, 0.2) is 18.2 Å². The van der Waals surface area contributed by atoms with Crippen molar-refractivity contribution in [2.45, 2.75) is 33.1 Å². The van der Waals surface area contributed by atoms with Crippen molar-refractivity contribution < 1.29 is 19.1 Å². The van der Waals surface area contributed by atoms with Gasteiger partial charge in [0.05, 0.1) is 20.8 Å². The molecule has 1 N–H and O–H groups in total. The van der Waals surface area contributed by atoms with Crippen molar-refractivity contribution in [2.24, 2.45) is 0 Å². The fourth-order valence-electron chi connectivity index (χ4n) is 2.31. The average Bonchev–Trinajstić information content (AvgIpc) is 2.58. The van der Waals surface area contributed by atoms with Gasteiger partial charge in [0.25, 0.3) is 0 Å². The topological polar surface area (TPSA) is 67.9 Å². The number of carbonyl (C=O) groups excluding carboxylic acids is 2. The molecule has 24 heavy (non-hydrogen) atoms. The van der Waals surface area contributed by atoms with Crippen LogP contribution in [0.5, 0.6) is 11.5 Å². The Morgan fingerprint density at radius 3 is 2.46 bits per heavy atom. The first kappa shape index (κ1) is 19.8. The molecular formula is C18H28N2O4. The number of benzene rings is 1. The second-order valence-electron chi connectivity index (χ2n) is 5.58. The normalized spacial score (nSPS) is 10.2. The fourth-order valence-corrected chi connectivity index (χ4v) is 2.31. The minimum atomic E-state index is -0.137. The van der Waals surface area contributed by atoms with Gasteiger partial charge in [0, 0.05) is 20.0 Å². The first-order chi connectivity index (χ1) is 11.5. The minimum absolute atomic E-state index is 0.0708. The zero-order valence-corrected chi connectivity index (χ0v) is 15.1. The summed E-state index contributed by atoms with van der Waals surface area (Å²) in [6.45, 7) is 4.79. The average molecular weight is 336 g/mol. The summed E-state index contributed by atoms with van der Waals surface area (Å²) in [7, 11) is 3.19. The van der Waals surface area contributed by atoms with Gasteiger partial charge in [-0.05, 0) is 30.5 Å². The lowest BCUT2D eigenvalue weighted by molar-refractivity contribution is -0.134. The van der Waals surface area contributed by atoms with E-state index >= 15 is 0 Å². The SMILES string of the molecule is CCCCN(CC(=O)NCCc1ccc(OC)c(OC)c1)C(C)=O. The Morgan fingerprint density at radius 2 is 1.88 bits per heavy atom. The lowest BCUT2D eigenvalue weighted by Gasteiger charge is -2.20. The van der Waals surface area contributed by atoms with Gasteiger partial charge < -0.3 is 19.7 Å². The van der Waals surface area contributed by atoms with Crippen molar-refractivity contribution >= 4 is 11.8 Å². The predicted octanol–water partition coefficient (Wildman–Crippen LogP) is 2.01. The van der Waals surface area contributed by atoms with Crippen molar-refractivity contribution in [1.82, 2.24) is 10.2 Å². The van der Waals surface area contributed by atoms with E-state index < -0.39 is 0 Å². The molecule has 1 aromatic rings. The van der Waals surface area contributed by atoms with Crippen LogP contribution >= 0.6 is 0 Å². The monoisotopic (exact) mass is 336 g/mol. The molecule has 1 rings (SSSR count). The molecule has 0 aliphatic carbocycles. The summed E-state index contributed by atoms with van der Waals surface area (Å²) >= 11 is 0. The quantitative estimate of drug-likeness (QED) is 0.710. The number of unbranched alkanes of at least 4 members (excludes halogenated alkanes) is 1. The molecule has 6 nitrogen and oxygen atoms in total. The van der Waals surface area contributed by atoms with E-state index in [-0.39, 0.29) is 18.4 Å². The summed E-state index contributed by atoms with van der Waals surface area (Å²) < 4.78 is 10.5. The Kier molecular flexibility index (Phi) is 8.68. The van der Waals surface area contributed by atoms with Gasteiger partial charge in [-0.3, -0.25) is 9.59 Å². The number of nitrogens with one attached hydrogen (secondary N) is 1. The zero-order valence-electron chi connectivity index (χ0n) is 15.1. The Labute approximate surface area is 144 Å². The number of amides is 2. The molecule has 6 heteroatoms. The third-order valence-corrected chi connectivity index (χ3v) is 3.75.